The van der Waals surface area contributed by atoms with Crippen molar-refractivity contribution in [2.24, 2.45) is 17.8 Å². The Morgan fingerprint density at radius 1 is 0.415 bits per heavy atom. The molecule has 0 bridgehead atoms. The molecule has 0 aliphatic heterocycles. The number of rotatable bonds is 34. The molecule has 6 rings (SSSR count). The van der Waals surface area contributed by atoms with Crippen LogP contribution >= 0.6 is 35.3 Å². The predicted octanol–water partition coefficient (Wildman–Crippen LogP) is 17.8. The Bertz CT molecular complexity index is 3540. The molecule has 0 aliphatic rings. The third-order valence-electron chi connectivity index (χ3n) is 13.5. The summed E-state index contributed by atoms with van der Waals surface area (Å²) in [7, 11) is 0.0576. The van der Waals surface area contributed by atoms with Crippen molar-refractivity contribution in [2.75, 3.05) is 98.6 Å². The standard InChI is InChI=1S/C23H29F3O3S.C22H27F3O3S.C21H25F3O3S.C2H3F3O3S.3CO2.CH4/c1-4-12-28-22-10-9-21(14-17(22)2)30-16-18(11-13-27-3)15-29-20-7-5-19(6-8-20)23(24,25)26;1-3-12-27-21-9-8-20(13-16(21)2)29-15-17(10-11-26)14-28-19-6-4-18(5-7-19)22(23,24)25;1-15-12-19(8-9-20(15)26-3)28-14-16(10-11-25-2)13-27-18-6-4-17(5-7-18)21(22,23)24;1-8-9(6,7)2(3,4)5;3*2-1-3;/h5-10,14,18H,4,11-13,15-16H2,1-3H3;4-9,13,17,26H,3,10-12,14-15H2,1-2H3;4-9,12,16H,10-11,13-14H2,1-3H3;1H3;;;;1H4. The lowest BCUT2D eigenvalue weighted by Crippen LogP contribution is -2.23. The number of ether oxygens (including phenoxy) is 8. The summed E-state index contributed by atoms with van der Waals surface area (Å²) < 4.78 is 214. The van der Waals surface area contributed by atoms with E-state index in [9.17, 15) is 66.2 Å². The van der Waals surface area contributed by atoms with E-state index in [1.165, 1.54) is 36.4 Å². The molecule has 6 aromatic carbocycles. The Kier molecular flexibility index (Phi) is 51.8. The zero-order chi connectivity index (χ0) is 79.7. The quantitative estimate of drug-likeness (QED) is 0.0171. The number of alkyl halides is 12. The molecular weight excluding hydrogens is 1510 g/mol. The molecule has 0 radical (unpaired) electrons. The number of thioether (sulfide) groups is 3. The maximum Gasteiger partial charge on any atom is 0.523 e. The molecule has 0 saturated carbocycles. The van der Waals surface area contributed by atoms with Gasteiger partial charge in [0.1, 0.15) is 34.5 Å². The minimum absolute atomic E-state index is 0. The molecule has 0 fully saturated rings. The van der Waals surface area contributed by atoms with E-state index in [4.69, 9.17) is 66.7 Å². The summed E-state index contributed by atoms with van der Waals surface area (Å²) in [6.07, 6.45) is -8.19. The van der Waals surface area contributed by atoms with Gasteiger partial charge in [-0.25, -0.2) is 0 Å². The van der Waals surface area contributed by atoms with Crippen LogP contribution in [-0.4, -0.2) is 136 Å². The molecule has 0 aromatic heterocycles. The first-order valence-corrected chi connectivity index (χ1v) is 35.8. The Balaban J connectivity index is 0. The lowest BCUT2D eigenvalue weighted by Gasteiger charge is -2.18. The smallest absolute Gasteiger partial charge is 0.496 e. The highest BCUT2D eigenvalue weighted by atomic mass is 32.2. The van der Waals surface area contributed by atoms with Crippen molar-refractivity contribution in [1.82, 2.24) is 0 Å². The molecule has 3 atom stereocenters. The number of aliphatic hydroxyl groups excluding tert-OH is 1. The van der Waals surface area contributed by atoms with Crippen molar-refractivity contribution in [3.63, 3.8) is 0 Å². The molecular formula is C72H88F12O18S4. The second-order valence-electron chi connectivity index (χ2n) is 21.6. The van der Waals surface area contributed by atoms with E-state index in [-0.39, 0.29) is 50.2 Å². The fourth-order valence-corrected chi connectivity index (χ4v) is 11.6. The molecule has 106 heavy (non-hydrogen) atoms. The number of methoxy groups -OCH3 is 3. The Hall–Kier alpha value is -7.74. The second-order valence-corrected chi connectivity index (χ2v) is 26.6. The van der Waals surface area contributed by atoms with Crippen molar-refractivity contribution in [3.8, 4) is 34.5 Å². The predicted molar refractivity (Wildman–Crippen MR) is 374 cm³/mol. The maximum atomic E-state index is 12.7. The summed E-state index contributed by atoms with van der Waals surface area (Å²) in [5, 5.41) is 9.31. The van der Waals surface area contributed by atoms with Crippen molar-refractivity contribution in [2.45, 2.75) is 113 Å². The molecule has 34 heteroatoms. The number of aliphatic hydroxyl groups is 1. The average Bonchev–Trinajstić information content (AvgIpc) is 0.862. The number of aryl methyl sites for hydroxylation is 3. The summed E-state index contributed by atoms with van der Waals surface area (Å²) in [5.41, 5.74) is -4.12. The van der Waals surface area contributed by atoms with Crippen LogP contribution in [0.5, 0.6) is 34.5 Å². The Morgan fingerprint density at radius 2 is 0.689 bits per heavy atom. The first kappa shape index (κ1) is 100. The maximum absolute atomic E-state index is 12.7. The highest BCUT2D eigenvalue weighted by Gasteiger charge is 2.46. The van der Waals surface area contributed by atoms with E-state index < -0.39 is 50.8 Å². The summed E-state index contributed by atoms with van der Waals surface area (Å²) >= 11 is 5.10. The van der Waals surface area contributed by atoms with E-state index in [1.807, 2.05) is 57.2 Å². The number of benzene rings is 6. The number of halogens is 12. The molecule has 592 valence electrons. The van der Waals surface area contributed by atoms with Gasteiger partial charge in [-0.2, -0.15) is 89.9 Å². The zero-order valence-corrected chi connectivity index (χ0v) is 62.0. The summed E-state index contributed by atoms with van der Waals surface area (Å²) in [5.74, 6) is 6.74. The van der Waals surface area contributed by atoms with E-state index in [0.29, 0.717) is 77.0 Å². The van der Waals surface area contributed by atoms with Gasteiger partial charge in [0.25, 0.3) is 0 Å². The monoisotopic (exact) mass is 1600 g/mol. The number of hydrogen-bond acceptors (Lipinski definition) is 21. The fourth-order valence-electron chi connectivity index (χ4n) is 8.11. The number of carbonyl (C=O) groups excluding carboxylic acids is 6. The first-order valence-electron chi connectivity index (χ1n) is 31.4. The molecule has 0 amide bonds. The minimum Gasteiger partial charge on any atom is -0.496 e. The molecule has 0 heterocycles. The fraction of sp³-hybridized carbons (Fsp3) is 0.458. The van der Waals surface area contributed by atoms with Crippen LogP contribution in [0, 0.1) is 38.5 Å². The lowest BCUT2D eigenvalue weighted by molar-refractivity contribution is -0.193. The van der Waals surface area contributed by atoms with Crippen LogP contribution in [-0.2, 0) is 71.1 Å². The van der Waals surface area contributed by atoms with Crippen LogP contribution in [0.25, 0.3) is 0 Å². The Labute approximate surface area is 622 Å². The molecule has 0 aliphatic carbocycles. The van der Waals surface area contributed by atoms with Gasteiger partial charge in [0, 0.05) is 83.7 Å². The highest BCUT2D eigenvalue weighted by Crippen LogP contribution is 2.36. The average molecular weight is 1600 g/mol. The largest absolute Gasteiger partial charge is 0.523 e. The lowest BCUT2D eigenvalue weighted by atomic mass is 10.1. The highest BCUT2D eigenvalue weighted by molar-refractivity contribution is 7.99. The van der Waals surface area contributed by atoms with Gasteiger partial charge in [-0.15, -0.1) is 35.3 Å². The topological polar surface area (TPSA) is 240 Å². The van der Waals surface area contributed by atoms with Gasteiger partial charge < -0.3 is 43.0 Å². The van der Waals surface area contributed by atoms with Crippen molar-refractivity contribution >= 4 is 63.9 Å². The summed E-state index contributed by atoms with van der Waals surface area (Å²) in [4.78, 5) is 52.1. The van der Waals surface area contributed by atoms with Crippen LogP contribution in [0.2, 0.25) is 0 Å². The van der Waals surface area contributed by atoms with Gasteiger partial charge in [-0.3, -0.25) is 4.18 Å². The van der Waals surface area contributed by atoms with Crippen LogP contribution < -0.4 is 28.4 Å². The van der Waals surface area contributed by atoms with Gasteiger partial charge in [-0.05, 0) is 197 Å². The number of hydrogen-bond donors (Lipinski definition) is 1. The molecule has 0 spiro atoms. The second kappa shape index (κ2) is 54.8. The normalized spacial score (nSPS) is 11.8. The SMILES string of the molecule is C.CCCOc1ccc(SCC(CCO)COc2ccc(C(F)(F)F)cc2)cc1C.CCCOc1ccc(SCC(CCOC)COc2ccc(C(F)(F)F)cc2)cc1C.COCCC(COc1ccc(C(F)(F)F)cc1)CSc1ccc(OC)c(C)c1.COS(=O)(=O)C(F)(F)F.O=C=O.O=C=O.O=C=O. The van der Waals surface area contributed by atoms with Crippen LogP contribution in [0.1, 0.15) is 86.8 Å². The van der Waals surface area contributed by atoms with Gasteiger partial charge in [0.05, 0.1) is 63.9 Å². The summed E-state index contributed by atoms with van der Waals surface area (Å²) in [6, 6.07) is 32.5. The van der Waals surface area contributed by atoms with Gasteiger partial charge in [0.15, 0.2) is 0 Å². The van der Waals surface area contributed by atoms with Crippen molar-refractivity contribution in [3.05, 3.63) is 161 Å². The van der Waals surface area contributed by atoms with Crippen LogP contribution in [0.15, 0.2) is 142 Å². The zero-order valence-electron chi connectivity index (χ0n) is 58.7. The third kappa shape index (κ3) is 43.2. The van der Waals surface area contributed by atoms with Crippen molar-refractivity contribution in [1.29, 1.82) is 0 Å². The van der Waals surface area contributed by atoms with Crippen LogP contribution in [0.4, 0.5) is 52.7 Å². The Morgan fingerprint density at radius 3 is 0.896 bits per heavy atom. The molecule has 0 saturated heterocycles. The van der Waals surface area contributed by atoms with E-state index >= 15 is 0 Å². The van der Waals surface area contributed by atoms with E-state index in [2.05, 4.69) is 36.2 Å². The van der Waals surface area contributed by atoms with Crippen molar-refractivity contribution < 1.29 is 137 Å². The minimum atomic E-state index is -5.34. The summed E-state index contributed by atoms with van der Waals surface area (Å²) in [6.45, 7) is 14.0. The molecule has 1 N–H and O–H groups in total. The molecule has 6 aromatic rings. The van der Waals surface area contributed by atoms with E-state index in [1.54, 1.807) is 56.6 Å². The first-order chi connectivity index (χ1) is 49.5. The molecule has 3 unspecified atom stereocenters. The van der Waals surface area contributed by atoms with Gasteiger partial charge in [0.2, 0.25) is 0 Å². The third-order valence-corrected chi connectivity index (χ3v) is 18.2. The van der Waals surface area contributed by atoms with Crippen LogP contribution in [0.3, 0.4) is 0 Å². The molecule has 18 nitrogen and oxygen atoms in total. The van der Waals surface area contributed by atoms with Gasteiger partial charge >= 0.3 is 52.6 Å². The van der Waals surface area contributed by atoms with E-state index in [0.717, 1.165) is 128 Å². The van der Waals surface area contributed by atoms with Gasteiger partial charge in [-0.1, -0.05) is 21.3 Å².